The fourth-order valence-corrected chi connectivity index (χ4v) is 2.30. The van der Waals surface area contributed by atoms with Gasteiger partial charge in [0.2, 0.25) is 0 Å². The average molecular weight is 198 g/mol. The Kier molecular flexibility index (Phi) is 3.45. The molecule has 13 heavy (non-hydrogen) atoms. The third kappa shape index (κ3) is 2.09. The third-order valence-corrected chi connectivity index (χ3v) is 3.59. The maximum atomic E-state index is 4.38. The number of nitrogens with one attached hydrogen (secondary N) is 1. The minimum atomic E-state index is 0.0307. The van der Waals surface area contributed by atoms with E-state index in [1.54, 1.807) is 11.3 Å². The molecule has 0 fully saturated rings. The largest absolute Gasteiger partial charge is 0.306 e. The number of hydrogen-bond acceptors (Lipinski definition) is 3. The van der Waals surface area contributed by atoms with E-state index in [2.05, 4.69) is 38.0 Å². The van der Waals surface area contributed by atoms with Crippen molar-refractivity contribution < 1.29 is 0 Å². The van der Waals surface area contributed by atoms with Crippen molar-refractivity contribution >= 4 is 11.3 Å². The van der Waals surface area contributed by atoms with Crippen LogP contribution in [0.4, 0.5) is 0 Å². The Morgan fingerprint density at radius 3 is 2.69 bits per heavy atom. The SMILES string of the molecule is CCNC(C)(c1nccs1)C(C)C. The van der Waals surface area contributed by atoms with Gasteiger partial charge in [-0.2, -0.15) is 0 Å². The highest BCUT2D eigenvalue weighted by molar-refractivity contribution is 7.09. The van der Waals surface area contributed by atoms with Crippen molar-refractivity contribution in [2.45, 2.75) is 33.2 Å². The summed E-state index contributed by atoms with van der Waals surface area (Å²) in [6.45, 7) is 9.79. The Bertz CT molecular complexity index is 243. The molecule has 0 aliphatic rings. The maximum absolute atomic E-state index is 4.38. The fourth-order valence-electron chi connectivity index (χ4n) is 1.37. The summed E-state index contributed by atoms with van der Waals surface area (Å²) < 4.78 is 0. The highest BCUT2D eigenvalue weighted by Crippen LogP contribution is 2.30. The normalized spacial score (nSPS) is 16.1. The van der Waals surface area contributed by atoms with E-state index < -0.39 is 0 Å². The number of nitrogens with zero attached hydrogens (tertiary/aromatic N) is 1. The van der Waals surface area contributed by atoms with Crippen LogP contribution >= 0.6 is 11.3 Å². The van der Waals surface area contributed by atoms with Crippen LogP contribution in [0.2, 0.25) is 0 Å². The molecule has 1 heterocycles. The van der Waals surface area contributed by atoms with Crippen molar-refractivity contribution in [2.75, 3.05) is 6.54 Å². The molecule has 1 atom stereocenters. The molecular weight excluding hydrogens is 180 g/mol. The first-order valence-corrected chi connectivity index (χ1v) is 5.64. The molecule has 0 saturated heterocycles. The van der Waals surface area contributed by atoms with Crippen LogP contribution in [0.25, 0.3) is 0 Å². The van der Waals surface area contributed by atoms with Gasteiger partial charge >= 0.3 is 0 Å². The van der Waals surface area contributed by atoms with Crippen LogP contribution in [0.5, 0.6) is 0 Å². The highest BCUT2D eigenvalue weighted by atomic mass is 32.1. The first-order chi connectivity index (χ1) is 6.11. The molecule has 3 heteroatoms. The summed E-state index contributed by atoms with van der Waals surface area (Å²) in [6, 6.07) is 0. The van der Waals surface area contributed by atoms with Gasteiger partial charge in [0.25, 0.3) is 0 Å². The number of rotatable bonds is 4. The highest BCUT2D eigenvalue weighted by Gasteiger charge is 2.31. The van der Waals surface area contributed by atoms with Crippen LogP contribution in [0.3, 0.4) is 0 Å². The minimum Gasteiger partial charge on any atom is -0.306 e. The van der Waals surface area contributed by atoms with Gasteiger partial charge in [-0.05, 0) is 19.4 Å². The van der Waals surface area contributed by atoms with Crippen molar-refractivity contribution in [2.24, 2.45) is 5.92 Å². The monoisotopic (exact) mass is 198 g/mol. The number of aromatic nitrogens is 1. The van der Waals surface area contributed by atoms with Crippen molar-refractivity contribution in [3.63, 3.8) is 0 Å². The van der Waals surface area contributed by atoms with E-state index in [-0.39, 0.29) is 5.54 Å². The predicted octanol–water partition coefficient (Wildman–Crippen LogP) is 2.62. The Morgan fingerprint density at radius 1 is 1.62 bits per heavy atom. The van der Waals surface area contributed by atoms with Gasteiger partial charge < -0.3 is 5.32 Å². The van der Waals surface area contributed by atoms with Crippen LogP contribution in [0, 0.1) is 5.92 Å². The van der Waals surface area contributed by atoms with Gasteiger partial charge in [-0.25, -0.2) is 4.98 Å². The molecule has 74 valence electrons. The van der Waals surface area contributed by atoms with Gasteiger partial charge in [0.05, 0.1) is 5.54 Å². The Balaban J connectivity index is 2.91. The van der Waals surface area contributed by atoms with Crippen LogP contribution < -0.4 is 5.32 Å². The Morgan fingerprint density at radius 2 is 2.31 bits per heavy atom. The third-order valence-electron chi connectivity index (χ3n) is 2.58. The fraction of sp³-hybridized carbons (Fsp3) is 0.700. The van der Waals surface area contributed by atoms with E-state index in [9.17, 15) is 0 Å². The van der Waals surface area contributed by atoms with E-state index in [0.717, 1.165) is 6.54 Å². The standard InChI is InChI=1S/C10H18N2S/c1-5-12-10(4,8(2)3)9-11-6-7-13-9/h6-8,12H,5H2,1-4H3. The quantitative estimate of drug-likeness (QED) is 0.804. The zero-order valence-electron chi connectivity index (χ0n) is 8.79. The molecule has 1 aromatic rings. The lowest BCUT2D eigenvalue weighted by Gasteiger charge is -2.32. The van der Waals surface area contributed by atoms with Crippen molar-refractivity contribution in [1.29, 1.82) is 0 Å². The van der Waals surface area contributed by atoms with Gasteiger partial charge in [-0.1, -0.05) is 20.8 Å². The molecule has 0 aliphatic heterocycles. The minimum absolute atomic E-state index is 0.0307. The van der Waals surface area contributed by atoms with E-state index >= 15 is 0 Å². The molecule has 0 saturated carbocycles. The van der Waals surface area contributed by atoms with Gasteiger partial charge in [0, 0.05) is 11.6 Å². The lowest BCUT2D eigenvalue weighted by atomic mass is 9.89. The van der Waals surface area contributed by atoms with Crippen LogP contribution in [0.15, 0.2) is 11.6 Å². The van der Waals surface area contributed by atoms with Crippen LogP contribution in [-0.2, 0) is 5.54 Å². The second-order valence-electron chi connectivity index (χ2n) is 3.72. The molecule has 0 aliphatic carbocycles. The lowest BCUT2D eigenvalue weighted by molar-refractivity contribution is 0.270. The maximum Gasteiger partial charge on any atom is 0.113 e. The topological polar surface area (TPSA) is 24.9 Å². The van der Waals surface area contributed by atoms with E-state index in [4.69, 9.17) is 0 Å². The second-order valence-corrected chi connectivity index (χ2v) is 4.62. The molecule has 1 aromatic heterocycles. The molecule has 0 spiro atoms. The predicted molar refractivity (Wildman–Crippen MR) is 58.0 cm³/mol. The van der Waals surface area contributed by atoms with Crippen molar-refractivity contribution in [3.05, 3.63) is 16.6 Å². The van der Waals surface area contributed by atoms with Gasteiger partial charge in [-0.3, -0.25) is 0 Å². The molecule has 0 amide bonds. The summed E-state index contributed by atoms with van der Waals surface area (Å²) in [6.07, 6.45) is 1.87. The first-order valence-electron chi connectivity index (χ1n) is 4.76. The lowest BCUT2D eigenvalue weighted by Crippen LogP contribution is -2.43. The summed E-state index contributed by atoms with van der Waals surface area (Å²) >= 11 is 1.72. The summed E-state index contributed by atoms with van der Waals surface area (Å²) in [7, 11) is 0. The molecule has 1 unspecified atom stereocenters. The van der Waals surface area contributed by atoms with Crippen molar-refractivity contribution in [1.82, 2.24) is 10.3 Å². The number of thiazole rings is 1. The molecular formula is C10H18N2S. The van der Waals surface area contributed by atoms with E-state index in [0.29, 0.717) is 5.92 Å². The molecule has 1 rings (SSSR count). The molecule has 2 nitrogen and oxygen atoms in total. The first kappa shape index (κ1) is 10.7. The molecule has 0 bridgehead atoms. The van der Waals surface area contributed by atoms with Gasteiger partial charge in [0.1, 0.15) is 5.01 Å². The van der Waals surface area contributed by atoms with Gasteiger partial charge in [-0.15, -0.1) is 11.3 Å². The summed E-state index contributed by atoms with van der Waals surface area (Å²) in [4.78, 5) is 4.38. The van der Waals surface area contributed by atoms with E-state index in [1.807, 2.05) is 11.6 Å². The van der Waals surface area contributed by atoms with Crippen LogP contribution in [-0.4, -0.2) is 11.5 Å². The van der Waals surface area contributed by atoms with Gasteiger partial charge in [0.15, 0.2) is 0 Å². The Hall–Kier alpha value is -0.410. The smallest absolute Gasteiger partial charge is 0.113 e. The number of hydrogen-bond donors (Lipinski definition) is 1. The zero-order valence-corrected chi connectivity index (χ0v) is 9.61. The average Bonchev–Trinajstić information content (AvgIpc) is 2.56. The second kappa shape index (κ2) is 4.20. The summed E-state index contributed by atoms with van der Waals surface area (Å²) in [5, 5.41) is 6.73. The van der Waals surface area contributed by atoms with E-state index in [1.165, 1.54) is 5.01 Å². The van der Waals surface area contributed by atoms with Crippen LogP contribution in [0.1, 0.15) is 32.7 Å². The summed E-state index contributed by atoms with van der Waals surface area (Å²) in [5.41, 5.74) is 0.0307. The zero-order chi connectivity index (χ0) is 9.90. The molecule has 0 aromatic carbocycles. The van der Waals surface area contributed by atoms with Crippen molar-refractivity contribution in [3.8, 4) is 0 Å². The Labute approximate surface area is 84.4 Å². The summed E-state index contributed by atoms with van der Waals surface area (Å²) in [5.74, 6) is 0.554. The molecule has 0 radical (unpaired) electrons. The molecule has 1 N–H and O–H groups in total.